The van der Waals surface area contributed by atoms with Crippen molar-refractivity contribution in [3.05, 3.63) is 41.1 Å². The van der Waals surface area contributed by atoms with Crippen molar-refractivity contribution >= 4 is 11.8 Å². The molecule has 1 atom stereocenters. The van der Waals surface area contributed by atoms with Crippen LogP contribution in [0.4, 0.5) is 0 Å². The standard InChI is InChI=1S/C21H27N3O3/c1-12(2)19(21(26)22-11-15-7-8-15)23-20(25)17-10-18(27-24-17)16-9-13(3)5-6-14(16)4/h5-6,9-10,12,15,19H,7-8,11H2,1-4H3,(H,22,26)(H,23,25)/t19-/m0/s1. The number of hydrogen-bond donors (Lipinski definition) is 2. The Bertz CT molecular complexity index is 837. The van der Waals surface area contributed by atoms with Crippen LogP contribution in [0, 0.1) is 25.7 Å². The number of rotatable bonds is 7. The largest absolute Gasteiger partial charge is 0.355 e. The zero-order chi connectivity index (χ0) is 19.6. The molecule has 0 radical (unpaired) electrons. The molecule has 1 aromatic carbocycles. The zero-order valence-electron chi connectivity index (χ0n) is 16.3. The first-order chi connectivity index (χ1) is 12.8. The fraction of sp³-hybridized carbons (Fsp3) is 0.476. The molecule has 6 nitrogen and oxygen atoms in total. The number of nitrogens with zero attached hydrogens (tertiary/aromatic N) is 1. The molecular weight excluding hydrogens is 342 g/mol. The molecule has 1 saturated carbocycles. The van der Waals surface area contributed by atoms with E-state index in [0.29, 0.717) is 18.2 Å². The van der Waals surface area contributed by atoms with Crippen LogP contribution in [0.25, 0.3) is 11.3 Å². The maximum Gasteiger partial charge on any atom is 0.274 e. The number of carbonyl (C=O) groups excluding carboxylic acids is 2. The summed E-state index contributed by atoms with van der Waals surface area (Å²) in [5.41, 5.74) is 3.23. The number of hydrogen-bond acceptors (Lipinski definition) is 4. The summed E-state index contributed by atoms with van der Waals surface area (Å²) < 4.78 is 5.39. The fourth-order valence-corrected chi connectivity index (χ4v) is 2.94. The highest BCUT2D eigenvalue weighted by Gasteiger charge is 2.28. The number of carbonyl (C=O) groups is 2. The minimum atomic E-state index is -0.600. The topological polar surface area (TPSA) is 84.2 Å². The molecule has 2 amide bonds. The van der Waals surface area contributed by atoms with Crippen molar-refractivity contribution in [3.63, 3.8) is 0 Å². The highest BCUT2D eigenvalue weighted by molar-refractivity contribution is 5.96. The van der Waals surface area contributed by atoms with E-state index in [0.717, 1.165) is 16.7 Å². The van der Waals surface area contributed by atoms with Crippen LogP contribution in [-0.4, -0.2) is 29.6 Å². The first kappa shape index (κ1) is 19.1. The minimum Gasteiger partial charge on any atom is -0.355 e. The van der Waals surface area contributed by atoms with Crippen molar-refractivity contribution in [1.82, 2.24) is 15.8 Å². The Morgan fingerprint density at radius 3 is 2.63 bits per heavy atom. The molecular formula is C21H27N3O3. The third-order valence-electron chi connectivity index (χ3n) is 4.90. The van der Waals surface area contributed by atoms with Crippen LogP contribution in [0.3, 0.4) is 0 Å². The van der Waals surface area contributed by atoms with Crippen LogP contribution in [0.1, 0.15) is 48.3 Å². The maximum absolute atomic E-state index is 12.6. The molecule has 1 fully saturated rings. The molecule has 0 saturated heterocycles. The summed E-state index contributed by atoms with van der Waals surface area (Å²) in [6, 6.07) is 7.05. The number of aryl methyl sites for hydroxylation is 2. The molecule has 2 N–H and O–H groups in total. The average molecular weight is 369 g/mol. The summed E-state index contributed by atoms with van der Waals surface area (Å²) in [4.78, 5) is 25.0. The third kappa shape index (κ3) is 4.76. The van der Waals surface area contributed by atoms with Crippen LogP contribution in [0.5, 0.6) is 0 Å². The van der Waals surface area contributed by atoms with Gasteiger partial charge in [0.15, 0.2) is 11.5 Å². The van der Waals surface area contributed by atoms with E-state index < -0.39 is 11.9 Å². The molecule has 1 aliphatic rings. The summed E-state index contributed by atoms with van der Waals surface area (Å²) in [5.74, 6) is 0.548. The van der Waals surface area contributed by atoms with Crippen molar-refractivity contribution in [3.8, 4) is 11.3 Å². The summed E-state index contributed by atoms with van der Waals surface area (Å²) >= 11 is 0. The lowest BCUT2D eigenvalue weighted by molar-refractivity contribution is -0.124. The Morgan fingerprint density at radius 1 is 1.22 bits per heavy atom. The second kappa shape index (κ2) is 7.94. The minimum absolute atomic E-state index is 0.0291. The zero-order valence-corrected chi connectivity index (χ0v) is 16.3. The van der Waals surface area contributed by atoms with Gasteiger partial charge in [-0.25, -0.2) is 0 Å². The van der Waals surface area contributed by atoms with E-state index in [9.17, 15) is 9.59 Å². The Morgan fingerprint density at radius 2 is 1.96 bits per heavy atom. The smallest absolute Gasteiger partial charge is 0.274 e. The Balaban J connectivity index is 1.70. The molecule has 0 spiro atoms. The van der Waals surface area contributed by atoms with Crippen molar-refractivity contribution in [2.24, 2.45) is 11.8 Å². The lowest BCUT2D eigenvalue weighted by Crippen LogP contribution is -2.50. The molecule has 6 heteroatoms. The van der Waals surface area contributed by atoms with E-state index in [1.54, 1.807) is 6.07 Å². The van der Waals surface area contributed by atoms with Gasteiger partial charge in [0.2, 0.25) is 5.91 Å². The van der Waals surface area contributed by atoms with Gasteiger partial charge in [-0.15, -0.1) is 0 Å². The lowest BCUT2D eigenvalue weighted by Gasteiger charge is -2.21. The van der Waals surface area contributed by atoms with Gasteiger partial charge in [0, 0.05) is 18.2 Å². The van der Waals surface area contributed by atoms with Crippen LogP contribution in [-0.2, 0) is 4.79 Å². The fourth-order valence-electron chi connectivity index (χ4n) is 2.94. The summed E-state index contributed by atoms with van der Waals surface area (Å²) in [7, 11) is 0. The highest BCUT2D eigenvalue weighted by atomic mass is 16.5. The van der Waals surface area contributed by atoms with Gasteiger partial charge in [-0.2, -0.15) is 0 Å². The van der Waals surface area contributed by atoms with Gasteiger partial charge in [0.05, 0.1) is 0 Å². The van der Waals surface area contributed by atoms with Gasteiger partial charge in [0.25, 0.3) is 5.91 Å². The van der Waals surface area contributed by atoms with Crippen LogP contribution in [0.2, 0.25) is 0 Å². The second-order valence-corrected chi connectivity index (χ2v) is 7.78. The molecule has 144 valence electrons. The van der Waals surface area contributed by atoms with Crippen molar-refractivity contribution < 1.29 is 14.1 Å². The van der Waals surface area contributed by atoms with E-state index >= 15 is 0 Å². The van der Waals surface area contributed by atoms with Gasteiger partial charge in [0.1, 0.15) is 6.04 Å². The maximum atomic E-state index is 12.6. The van der Waals surface area contributed by atoms with Gasteiger partial charge in [-0.05, 0) is 50.2 Å². The van der Waals surface area contributed by atoms with E-state index in [1.807, 2.05) is 45.9 Å². The van der Waals surface area contributed by atoms with Gasteiger partial charge >= 0.3 is 0 Å². The van der Waals surface area contributed by atoms with Crippen LogP contribution >= 0.6 is 0 Å². The quantitative estimate of drug-likeness (QED) is 0.785. The molecule has 1 heterocycles. The van der Waals surface area contributed by atoms with E-state index in [-0.39, 0.29) is 17.5 Å². The molecule has 0 bridgehead atoms. The van der Waals surface area contributed by atoms with Gasteiger partial charge < -0.3 is 15.2 Å². The predicted molar refractivity (Wildman–Crippen MR) is 103 cm³/mol. The Kier molecular flexibility index (Phi) is 5.63. The number of nitrogens with one attached hydrogen (secondary N) is 2. The van der Waals surface area contributed by atoms with Crippen LogP contribution in [0.15, 0.2) is 28.8 Å². The van der Waals surface area contributed by atoms with E-state index in [2.05, 4.69) is 15.8 Å². The second-order valence-electron chi connectivity index (χ2n) is 7.78. The molecule has 0 unspecified atom stereocenters. The monoisotopic (exact) mass is 369 g/mol. The first-order valence-corrected chi connectivity index (χ1v) is 9.48. The molecule has 27 heavy (non-hydrogen) atoms. The normalized spacial score (nSPS) is 14.9. The number of amides is 2. The number of benzene rings is 1. The molecule has 2 aromatic rings. The van der Waals surface area contributed by atoms with Crippen LogP contribution < -0.4 is 10.6 Å². The molecule has 3 rings (SSSR count). The average Bonchev–Trinajstić information content (AvgIpc) is 3.33. The number of aromatic nitrogens is 1. The summed E-state index contributed by atoms with van der Waals surface area (Å²) in [5, 5.41) is 9.62. The molecule has 1 aliphatic carbocycles. The first-order valence-electron chi connectivity index (χ1n) is 9.48. The van der Waals surface area contributed by atoms with Gasteiger partial charge in [-0.3, -0.25) is 9.59 Å². The lowest BCUT2D eigenvalue weighted by atomic mass is 10.0. The van der Waals surface area contributed by atoms with Crippen molar-refractivity contribution in [1.29, 1.82) is 0 Å². The Hall–Kier alpha value is -2.63. The van der Waals surface area contributed by atoms with E-state index in [4.69, 9.17) is 4.52 Å². The molecule has 0 aliphatic heterocycles. The third-order valence-corrected chi connectivity index (χ3v) is 4.90. The summed E-state index contributed by atoms with van der Waals surface area (Å²) in [6.45, 7) is 8.48. The highest BCUT2D eigenvalue weighted by Crippen LogP contribution is 2.27. The SMILES string of the molecule is Cc1ccc(C)c(-c2cc(C(=O)N[C@H](C(=O)NCC3CC3)C(C)C)no2)c1. The van der Waals surface area contributed by atoms with E-state index in [1.165, 1.54) is 12.8 Å². The summed E-state index contributed by atoms with van der Waals surface area (Å²) in [6.07, 6.45) is 2.33. The van der Waals surface area contributed by atoms with Crippen molar-refractivity contribution in [2.45, 2.75) is 46.6 Å². The van der Waals surface area contributed by atoms with Gasteiger partial charge in [-0.1, -0.05) is 36.7 Å². The molecule has 1 aromatic heterocycles. The predicted octanol–water partition coefficient (Wildman–Crippen LogP) is 3.24. The Labute approximate surface area is 159 Å². The van der Waals surface area contributed by atoms with Crippen molar-refractivity contribution in [2.75, 3.05) is 6.54 Å².